The Kier molecular flexibility index (Phi) is 18.9. The van der Waals surface area contributed by atoms with E-state index in [0.29, 0.717) is 8.88 Å². The van der Waals surface area contributed by atoms with Gasteiger partial charge in [-0.05, 0) is 31.6 Å². The van der Waals surface area contributed by atoms with Crippen LogP contribution in [0.4, 0.5) is 0 Å². The summed E-state index contributed by atoms with van der Waals surface area (Å²) in [5.41, 5.74) is 0. The fraction of sp³-hybridized carbons (Fsp3) is 1.00. The minimum atomic E-state index is 0.322. The molecule has 180 valence electrons. The van der Waals surface area contributed by atoms with E-state index in [1.807, 2.05) is 0 Å². The molecule has 1 aliphatic carbocycles. The van der Waals surface area contributed by atoms with Crippen LogP contribution in [0.3, 0.4) is 0 Å². The van der Waals surface area contributed by atoms with Crippen LogP contribution in [0.5, 0.6) is 0 Å². The molecule has 2 atom stereocenters. The molecule has 0 aromatic carbocycles. The molecule has 0 bridgehead atoms. The van der Waals surface area contributed by atoms with E-state index in [1.165, 1.54) is 135 Å². The molecule has 0 amide bonds. The van der Waals surface area contributed by atoms with Gasteiger partial charge < -0.3 is 0 Å². The first-order valence-electron chi connectivity index (χ1n) is 13.9. The van der Waals surface area contributed by atoms with Crippen LogP contribution in [0.1, 0.15) is 142 Å². The molecule has 0 saturated heterocycles. The normalized spacial score (nSPS) is 17.0. The molecule has 0 aromatic rings. The zero-order chi connectivity index (χ0) is 21.9. The van der Waals surface area contributed by atoms with Gasteiger partial charge in [0.1, 0.15) is 8.88 Å². The fourth-order valence-electron chi connectivity index (χ4n) is 5.26. The molecule has 2 unspecified atom stereocenters. The lowest BCUT2D eigenvalue weighted by molar-refractivity contribution is 0.282. The summed E-state index contributed by atoms with van der Waals surface area (Å²) in [6.07, 6.45) is 29.0. The first-order valence-corrected chi connectivity index (χ1v) is 15.0. The van der Waals surface area contributed by atoms with Crippen molar-refractivity contribution in [2.24, 2.45) is 5.92 Å². The van der Waals surface area contributed by atoms with Crippen LogP contribution in [0.25, 0.3) is 0 Å². The van der Waals surface area contributed by atoms with Crippen molar-refractivity contribution in [3.63, 3.8) is 0 Å². The second-order valence-corrected chi connectivity index (χ2v) is 12.3. The summed E-state index contributed by atoms with van der Waals surface area (Å²) in [6, 6.07) is 0.872. The van der Waals surface area contributed by atoms with Crippen molar-refractivity contribution in [2.75, 3.05) is 20.6 Å². The maximum Gasteiger partial charge on any atom is 0.126 e. The molecule has 0 N–H and O–H groups in total. The average molecular weight is 442 g/mol. The van der Waals surface area contributed by atoms with Gasteiger partial charge in [-0.15, -0.1) is 0 Å². The highest BCUT2D eigenvalue weighted by atomic mass is 31.1. The number of hydrogen-bond donors (Lipinski definition) is 0. The van der Waals surface area contributed by atoms with Gasteiger partial charge in [0, 0.05) is 26.7 Å². The number of nitrogens with zero attached hydrogens (tertiary/aromatic N) is 2. The van der Waals surface area contributed by atoms with E-state index >= 15 is 0 Å². The lowest BCUT2D eigenvalue weighted by atomic mass is 9.95. The van der Waals surface area contributed by atoms with Crippen molar-refractivity contribution >= 4 is 8.88 Å². The van der Waals surface area contributed by atoms with Gasteiger partial charge in [0.15, 0.2) is 0 Å². The maximum atomic E-state index is 2.72. The van der Waals surface area contributed by atoms with Crippen molar-refractivity contribution in [2.45, 2.75) is 148 Å². The molecule has 3 heteroatoms. The quantitative estimate of drug-likeness (QED) is 0.137. The SMILES string of the molecule is CCCCCCCCCCCCCC(CCCC)CN(C)[PH2+]N(C)C1CCCCC1. The van der Waals surface area contributed by atoms with Crippen molar-refractivity contribution in [3.05, 3.63) is 0 Å². The molecular formula is C27H58N2P+. The zero-order valence-corrected chi connectivity index (χ0v) is 22.6. The number of hydrogen-bond acceptors (Lipinski definition) is 2. The second-order valence-electron chi connectivity index (χ2n) is 10.3. The third-order valence-electron chi connectivity index (χ3n) is 7.26. The summed E-state index contributed by atoms with van der Waals surface area (Å²) in [4.78, 5) is 0. The minimum absolute atomic E-state index is 0.322. The Morgan fingerprint density at radius 2 is 1.17 bits per heavy atom. The van der Waals surface area contributed by atoms with E-state index in [2.05, 4.69) is 37.3 Å². The van der Waals surface area contributed by atoms with Crippen molar-refractivity contribution in [1.82, 2.24) is 9.34 Å². The maximum absolute atomic E-state index is 2.72. The third kappa shape index (κ3) is 15.2. The molecule has 2 nitrogen and oxygen atoms in total. The minimum Gasteiger partial charge on any atom is -0.171 e. The van der Waals surface area contributed by atoms with Gasteiger partial charge in [0.05, 0.1) is 0 Å². The summed E-state index contributed by atoms with van der Waals surface area (Å²) in [5, 5.41) is 0. The first-order chi connectivity index (χ1) is 14.7. The molecular weight excluding hydrogens is 383 g/mol. The Labute approximate surface area is 193 Å². The zero-order valence-electron chi connectivity index (χ0n) is 21.5. The molecule has 0 heterocycles. The Balaban J connectivity index is 2.12. The van der Waals surface area contributed by atoms with Crippen molar-refractivity contribution < 1.29 is 0 Å². The van der Waals surface area contributed by atoms with Crippen LogP contribution in [0, 0.1) is 5.92 Å². The molecule has 0 aromatic heterocycles. The van der Waals surface area contributed by atoms with Gasteiger partial charge >= 0.3 is 0 Å². The van der Waals surface area contributed by atoms with Crippen LogP contribution in [-0.2, 0) is 0 Å². The van der Waals surface area contributed by atoms with E-state index in [4.69, 9.17) is 0 Å². The molecule has 0 spiro atoms. The lowest BCUT2D eigenvalue weighted by Gasteiger charge is -2.29. The molecule has 0 aliphatic heterocycles. The Bertz CT molecular complexity index is 357. The van der Waals surface area contributed by atoms with Crippen LogP contribution in [-0.4, -0.2) is 36.0 Å². The summed E-state index contributed by atoms with van der Waals surface area (Å²) in [7, 11) is 5.11. The van der Waals surface area contributed by atoms with Crippen molar-refractivity contribution in [1.29, 1.82) is 0 Å². The summed E-state index contributed by atoms with van der Waals surface area (Å²) < 4.78 is 5.42. The van der Waals surface area contributed by atoms with Gasteiger partial charge in [-0.1, -0.05) is 117 Å². The summed E-state index contributed by atoms with van der Waals surface area (Å²) in [6.45, 7) is 6.00. The highest BCUT2D eigenvalue weighted by Crippen LogP contribution is 2.32. The van der Waals surface area contributed by atoms with Crippen LogP contribution in [0.2, 0.25) is 0 Å². The molecule has 1 rings (SSSR count). The number of unbranched alkanes of at least 4 members (excludes halogenated alkanes) is 11. The van der Waals surface area contributed by atoms with Crippen molar-refractivity contribution in [3.8, 4) is 0 Å². The second kappa shape index (κ2) is 20.0. The topological polar surface area (TPSA) is 6.48 Å². The predicted octanol–water partition coefficient (Wildman–Crippen LogP) is 8.93. The molecule has 1 saturated carbocycles. The van der Waals surface area contributed by atoms with Crippen LogP contribution >= 0.6 is 8.88 Å². The van der Waals surface area contributed by atoms with E-state index in [0.717, 1.165) is 12.0 Å². The standard InChI is InChI=1S/C27H57N2P/c1-5-7-9-10-11-12-13-14-15-16-18-22-26(21-8-6-2)25-28(3)30-29(4)27-23-19-17-20-24-27/h26-27,30H,5-25H2,1-4H3/p+1. The third-order valence-corrected chi connectivity index (χ3v) is 8.65. The summed E-state index contributed by atoms with van der Waals surface area (Å²) in [5.74, 6) is 0.931. The molecule has 1 fully saturated rings. The highest BCUT2D eigenvalue weighted by molar-refractivity contribution is 7.32. The lowest BCUT2D eigenvalue weighted by Crippen LogP contribution is -2.31. The monoisotopic (exact) mass is 441 g/mol. The Morgan fingerprint density at radius 3 is 1.73 bits per heavy atom. The predicted molar refractivity (Wildman–Crippen MR) is 141 cm³/mol. The van der Waals surface area contributed by atoms with Gasteiger partial charge in [0.25, 0.3) is 0 Å². The van der Waals surface area contributed by atoms with Gasteiger partial charge in [0.2, 0.25) is 0 Å². The molecule has 30 heavy (non-hydrogen) atoms. The van der Waals surface area contributed by atoms with Gasteiger partial charge in [-0.3, -0.25) is 0 Å². The Hall–Kier alpha value is 0.350. The highest BCUT2D eigenvalue weighted by Gasteiger charge is 2.24. The van der Waals surface area contributed by atoms with Crippen LogP contribution in [0.15, 0.2) is 0 Å². The average Bonchev–Trinajstić information content (AvgIpc) is 2.76. The van der Waals surface area contributed by atoms with Gasteiger partial charge in [-0.25, -0.2) is 0 Å². The van der Waals surface area contributed by atoms with E-state index in [9.17, 15) is 0 Å². The smallest absolute Gasteiger partial charge is 0.126 e. The van der Waals surface area contributed by atoms with E-state index < -0.39 is 0 Å². The van der Waals surface area contributed by atoms with Crippen LogP contribution < -0.4 is 0 Å². The molecule has 1 aliphatic rings. The van der Waals surface area contributed by atoms with Gasteiger partial charge in [-0.2, -0.15) is 9.34 Å². The van der Waals surface area contributed by atoms with E-state index in [1.54, 1.807) is 0 Å². The molecule has 0 radical (unpaired) electrons. The Morgan fingerprint density at radius 1 is 0.667 bits per heavy atom. The number of rotatable bonds is 20. The summed E-state index contributed by atoms with van der Waals surface area (Å²) >= 11 is 0. The van der Waals surface area contributed by atoms with E-state index in [-0.39, 0.29) is 0 Å². The first kappa shape index (κ1) is 28.4. The fourth-order valence-corrected chi connectivity index (χ4v) is 6.77. The largest absolute Gasteiger partial charge is 0.171 e.